The van der Waals surface area contributed by atoms with Crippen LogP contribution in [0.2, 0.25) is 0 Å². The van der Waals surface area contributed by atoms with E-state index in [1.54, 1.807) is 0 Å². The molecule has 0 bridgehead atoms. The number of hydrogen-bond donors (Lipinski definition) is 1. The number of carbonyl (C=O) groups is 2. The number of rotatable bonds is 5. The summed E-state index contributed by atoms with van der Waals surface area (Å²) >= 11 is 1.97. The van der Waals surface area contributed by atoms with Gasteiger partial charge in [0.15, 0.2) is 0 Å². The number of hydrogen-bond acceptors (Lipinski definition) is 4. The van der Waals surface area contributed by atoms with Crippen molar-refractivity contribution in [2.75, 3.05) is 12.9 Å². The van der Waals surface area contributed by atoms with Crippen molar-refractivity contribution < 1.29 is 14.3 Å². The van der Waals surface area contributed by atoms with Crippen LogP contribution in [-0.2, 0) is 14.3 Å². The highest BCUT2D eigenvalue weighted by molar-refractivity contribution is 8.00. The molecule has 3 atom stereocenters. The molecule has 4 nitrogen and oxygen atoms in total. The van der Waals surface area contributed by atoms with E-state index in [2.05, 4.69) is 10.1 Å². The fourth-order valence-electron chi connectivity index (χ4n) is 2.62. The average Bonchev–Trinajstić information content (AvgIpc) is 2.84. The Hall–Kier alpha value is -0.710. The molecule has 2 aliphatic heterocycles. The highest BCUT2D eigenvalue weighted by Gasteiger charge is 2.42. The van der Waals surface area contributed by atoms with Crippen LogP contribution >= 0.6 is 11.8 Å². The van der Waals surface area contributed by atoms with Gasteiger partial charge in [-0.05, 0) is 24.5 Å². The highest BCUT2D eigenvalue weighted by Crippen LogP contribution is 2.39. The van der Waals surface area contributed by atoms with E-state index < -0.39 is 0 Å². The minimum atomic E-state index is -0.129. The predicted molar refractivity (Wildman–Crippen MR) is 66.8 cm³/mol. The number of methoxy groups -OCH3 is 1. The van der Waals surface area contributed by atoms with Crippen LogP contribution in [0.4, 0.5) is 0 Å². The van der Waals surface area contributed by atoms with E-state index in [-0.39, 0.29) is 11.9 Å². The van der Waals surface area contributed by atoms with Gasteiger partial charge < -0.3 is 10.1 Å². The van der Waals surface area contributed by atoms with Crippen molar-refractivity contribution in [1.29, 1.82) is 0 Å². The number of ether oxygens (including phenoxy) is 1. The summed E-state index contributed by atoms with van der Waals surface area (Å²) in [6.07, 6.45) is 4.22. The fraction of sp³-hybridized carbons (Fsp3) is 0.833. The molecule has 0 spiro atoms. The first kappa shape index (κ1) is 12.7. The van der Waals surface area contributed by atoms with Gasteiger partial charge >= 0.3 is 5.97 Å². The lowest BCUT2D eigenvalue weighted by atomic mass is 9.97. The zero-order valence-corrected chi connectivity index (χ0v) is 10.9. The number of fused-ring (bicyclic) bond motifs is 1. The van der Waals surface area contributed by atoms with Crippen LogP contribution in [0, 0.1) is 5.92 Å². The van der Waals surface area contributed by atoms with Gasteiger partial charge in [0.25, 0.3) is 0 Å². The molecule has 17 heavy (non-hydrogen) atoms. The van der Waals surface area contributed by atoms with Gasteiger partial charge in [-0.15, -0.1) is 0 Å². The van der Waals surface area contributed by atoms with Gasteiger partial charge in [-0.1, -0.05) is 6.42 Å². The Balaban J connectivity index is 1.66. The molecule has 0 aromatic heterocycles. The Labute approximate surface area is 106 Å². The number of amides is 1. The minimum Gasteiger partial charge on any atom is -0.469 e. The maximum atomic E-state index is 11.3. The summed E-state index contributed by atoms with van der Waals surface area (Å²) in [5, 5.41) is 3.62. The molecule has 1 N–H and O–H groups in total. The molecule has 2 saturated heterocycles. The second-order valence-electron chi connectivity index (χ2n) is 4.75. The quantitative estimate of drug-likeness (QED) is 0.596. The molecule has 0 aromatic carbocycles. The molecule has 0 aromatic rings. The van der Waals surface area contributed by atoms with Crippen molar-refractivity contribution in [3.8, 4) is 0 Å². The smallest absolute Gasteiger partial charge is 0.305 e. The topological polar surface area (TPSA) is 55.4 Å². The molecular weight excluding hydrogens is 238 g/mol. The minimum absolute atomic E-state index is 0.129. The van der Waals surface area contributed by atoms with Gasteiger partial charge in [0, 0.05) is 24.1 Å². The van der Waals surface area contributed by atoms with Gasteiger partial charge in [0.05, 0.1) is 7.11 Å². The first-order valence-corrected chi connectivity index (χ1v) is 7.23. The Morgan fingerprint density at radius 1 is 1.53 bits per heavy atom. The third kappa shape index (κ3) is 3.15. The van der Waals surface area contributed by atoms with Crippen LogP contribution in [-0.4, -0.2) is 36.0 Å². The Kier molecular flexibility index (Phi) is 4.31. The number of nitrogens with one attached hydrogen (secondary N) is 1. The van der Waals surface area contributed by atoms with Crippen LogP contribution in [0.15, 0.2) is 0 Å². The summed E-state index contributed by atoms with van der Waals surface area (Å²) < 4.78 is 4.60. The fourth-order valence-corrected chi connectivity index (χ4v) is 4.27. The van der Waals surface area contributed by atoms with Crippen LogP contribution in [0.3, 0.4) is 0 Å². The highest BCUT2D eigenvalue weighted by atomic mass is 32.2. The van der Waals surface area contributed by atoms with Crippen LogP contribution in [0.25, 0.3) is 0 Å². The van der Waals surface area contributed by atoms with Crippen molar-refractivity contribution in [2.24, 2.45) is 5.92 Å². The molecule has 0 saturated carbocycles. The van der Waals surface area contributed by atoms with Crippen molar-refractivity contribution in [3.63, 3.8) is 0 Å². The molecule has 96 valence electrons. The number of carbonyl (C=O) groups excluding carboxylic acids is 2. The summed E-state index contributed by atoms with van der Waals surface area (Å²) in [5.41, 5.74) is 0. The molecule has 5 heteroatoms. The lowest BCUT2D eigenvalue weighted by molar-refractivity contribution is -0.140. The van der Waals surface area contributed by atoms with Gasteiger partial charge in [0.1, 0.15) is 0 Å². The molecule has 2 fully saturated rings. The lowest BCUT2D eigenvalue weighted by Crippen LogP contribution is -2.34. The zero-order chi connectivity index (χ0) is 12.3. The molecule has 0 aliphatic carbocycles. The van der Waals surface area contributed by atoms with Gasteiger partial charge in [-0.3, -0.25) is 9.59 Å². The summed E-state index contributed by atoms with van der Waals surface area (Å²) in [6.45, 7) is 0. The van der Waals surface area contributed by atoms with Crippen molar-refractivity contribution in [2.45, 2.75) is 43.4 Å². The summed E-state index contributed by atoms with van der Waals surface area (Å²) in [5.74, 6) is 1.72. The van der Waals surface area contributed by atoms with E-state index >= 15 is 0 Å². The van der Waals surface area contributed by atoms with E-state index in [0.29, 0.717) is 30.1 Å². The van der Waals surface area contributed by atoms with Crippen LogP contribution < -0.4 is 5.32 Å². The van der Waals surface area contributed by atoms with E-state index in [1.165, 1.54) is 7.11 Å². The monoisotopic (exact) mass is 257 g/mol. The summed E-state index contributed by atoms with van der Waals surface area (Å²) in [6, 6.07) is 0.380. The molecule has 2 aliphatic rings. The zero-order valence-electron chi connectivity index (χ0n) is 10.1. The second kappa shape index (κ2) is 5.76. The molecule has 2 heterocycles. The van der Waals surface area contributed by atoms with Crippen LogP contribution in [0.1, 0.15) is 32.1 Å². The largest absolute Gasteiger partial charge is 0.469 e. The van der Waals surface area contributed by atoms with Gasteiger partial charge in [-0.25, -0.2) is 0 Å². The third-order valence-electron chi connectivity index (χ3n) is 3.56. The Morgan fingerprint density at radius 2 is 2.35 bits per heavy atom. The van der Waals surface area contributed by atoms with Crippen molar-refractivity contribution in [1.82, 2.24) is 5.32 Å². The second-order valence-corrected chi connectivity index (χ2v) is 6.02. The van der Waals surface area contributed by atoms with Crippen molar-refractivity contribution >= 4 is 23.6 Å². The third-order valence-corrected chi connectivity index (χ3v) is 5.13. The first-order valence-electron chi connectivity index (χ1n) is 6.18. The molecular formula is C12H19NO3S. The Morgan fingerprint density at radius 3 is 3.12 bits per heavy atom. The van der Waals surface area contributed by atoms with Gasteiger partial charge in [0.2, 0.25) is 5.91 Å². The average molecular weight is 257 g/mol. The van der Waals surface area contributed by atoms with Crippen molar-refractivity contribution in [3.05, 3.63) is 0 Å². The molecule has 2 rings (SSSR count). The van der Waals surface area contributed by atoms with E-state index in [0.717, 1.165) is 25.0 Å². The normalized spacial score (nSPS) is 31.1. The molecule has 0 unspecified atom stereocenters. The van der Waals surface area contributed by atoms with Gasteiger partial charge in [-0.2, -0.15) is 11.8 Å². The lowest BCUT2D eigenvalue weighted by Gasteiger charge is -2.17. The standard InChI is InChI=1S/C12H19NO3S/c1-16-11(15)5-3-2-4-9-12-8(7-17-9)6-10(14)13-12/h8-9,12H,2-7H2,1H3,(H,13,14)/t8-,9-,12-/m0/s1. The molecule has 1 amide bonds. The number of esters is 1. The van der Waals surface area contributed by atoms with Crippen LogP contribution in [0.5, 0.6) is 0 Å². The maximum absolute atomic E-state index is 11.3. The summed E-state index contributed by atoms with van der Waals surface area (Å²) in [7, 11) is 1.42. The molecule has 0 radical (unpaired) electrons. The predicted octanol–water partition coefficient (Wildman–Crippen LogP) is 1.34. The van der Waals surface area contributed by atoms with E-state index in [1.807, 2.05) is 11.8 Å². The summed E-state index contributed by atoms with van der Waals surface area (Å²) in [4.78, 5) is 22.2. The number of unbranched alkanes of at least 4 members (excludes halogenated alkanes) is 1. The van der Waals surface area contributed by atoms with E-state index in [9.17, 15) is 9.59 Å². The van der Waals surface area contributed by atoms with E-state index in [4.69, 9.17) is 0 Å². The Bertz CT molecular complexity index is 308. The SMILES string of the molecule is COC(=O)CCCC[C@@H]1SC[C@@H]2CC(=O)N[C@@H]21. The first-order chi connectivity index (χ1) is 8.20. The maximum Gasteiger partial charge on any atom is 0.305 e. The number of thioether (sulfide) groups is 1.